The van der Waals surface area contributed by atoms with Crippen LogP contribution in [0, 0.1) is 0 Å². The first-order valence-electron chi connectivity index (χ1n) is 7.41. The summed E-state index contributed by atoms with van der Waals surface area (Å²) >= 11 is 0. The number of para-hydroxylation sites is 1. The first-order valence-corrected chi connectivity index (χ1v) is 7.41. The quantitative estimate of drug-likeness (QED) is 0.716. The van der Waals surface area contributed by atoms with E-state index in [0.29, 0.717) is 28.2 Å². The summed E-state index contributed by atoms with van der Waals surface area (Å²) in [6.07, 6.45) is -0.516. The van der Waals surface area contributed by atoms with Crippen LogP contribution in [-0.2, 0) is 0 Å². The van der Waals surface area contributed by atoms with Crippen molar-refractivity contribution < 1.29 is 18.6 Å². The number of aromatic nitrogens is 1. The third-order valence-corrected chi connectivity index (χ3v) is 3.55. The molecule has 0 N–H and O–H groups in total. The van der Waals surface area contributed by atoms with Gasteiger partial charge in [-0.25, -0.2) is 9.78 Å². The molecule has 1 heterocycles. The highest BCUT2D eigenvalue weighted by Crippen LogP contribution is 2.31. The van der Waals surface area contributed by atoms with Crippen molar-refractivity contribution in [3.05, 3.63) is 58.8 Å². The maximum atomic E-state index is 12.3. The number of methoxy groups -OCH3 is 2. The number of fused-ring (bicyclic) bond motifs is 1. The largest absolute Gasteiger partial charge is 0.493 e. The minimum absolute atomic E-state index is 0.198. The molecule has 0 saturated carbocycles. The van der Waals surface area contributed by atoms with Crippen LogP contribution in [-0.4, -0.2) is 19.2 Å². The fourth-order valence-corrected chi connectivity index (χ4v) is 2.34. The lowest BCUT2D eigenvalue weighted by molar-refractivity contribution is 0.182. The molecule has 0 amide bonds. The van der Waals surface area contributed by atoms with Crippen LogP contribution < -0.4 is 19.8 Å². The standard InChI is InChI=1S/C18H17NO5/c1-11(23-12-7-5-4-6-8-12)17-19-14-10-16(22-3)15(21-2)9-13(14)18(20)24-17/h4-11H,1-3H3/t11-/m1/s1. The maximum Gasteiger partial charge on any atom is 0.347 e. The van der Waals surface area contributed by atoms with Crippen molar-refractivity contribution in [3.63, 3.8) is 0 Å². The smallest absolute Gasteiger partial charge is 0.347 e. The molecule has 0 fully saturated rings. The number of ether oxygens (including phenoxy) is 3. The van der Waals surface area contributed by atoms with Gasteiger partial charge in [-0.05, 0) is 19.1 Å². The average Bonchev–Trinajstić information content (AvgIpc) is 2.61. The van der Waals surface area contributed by atoms with Gasteiger partial charge in [0, 0.05) is 12.1 Å². The molecule has 0 saturated heterocycles. The summed E-state index contributed by atoms with van der Waals surface area (Å²) in [6.45, 7) is 1.77. The molecule has 3 rings (SSSR count). The second-order valence-corrected chi connectivity index (χ2v) is 5.14. The molecule has 2 aromatic carbocycles. The van der Waals surface area contributed by atoms with E-state index in [4.69, 9.17) is 18.6 Å². The maximum absolute atomic E-state index is 12.3. The van der Waals surface area contributed by atoms with Gasteiger partial charge >= 0.3 is 5.63 Å². The Morgan fingerprint density at radius 2 is 1.71 bits per heavy atom. The summed E-state index contributed by atoms with van der Waals surface area (Å²) in [5.74, 6) is 1.80. The van der Waals surface area contributed by atoms with E-state index in [9.17, 15) is 4.79 Å². The minimum Gasteiger partial charge on any atom is -0.493 e. The summed E-state index contributed by atoms with van der Waals surface area (Å²) in [5, 5.41) is 0.323. The highest BCUT2D eigenvalue weighted by atomic mass is 16.5. The van der Waals surface area contributed by atoms with Crippen molar-refractivity contribution in [1.82, 2.24) is 4.98 Å². The Hall–Kier alpha value is -3.02. The van der Waals surface area contributed by atoms with Crippen LogP contribution in [0.2, 0.25) is 0 Å². The zero-order valence-corrected chi connectivity index (χ0v) is 13.6. The molecule has 3 aromatic rings. The van der Waals surface area contributed by atoms with E-state index >= 15 is 0 Å². The predicted octanol–water partition coefficient (Wildman–Crippen LogP) is 3.35. The van der Waals surface area contributed by atoms with Gasteiger partial charge in [-0.15, -0.1) is 0 Å². The monoisotopic (exact) mass is 327 g/mol. The van der Waals surface area contributed by atoms with Crippen molar-refractivity contribution in [2.75, 3.05) is 14.2 Å². The van der Waals surface area contributed by atoms with Crippen molar-refractivity contribution >= 4 is 10.9 Å². The third kappa shape index (κ3) is 3.03. The lowest BCUT2D eigenvalue weighted by Gasteiger charge is -2.13. The second-order valence-electron chi connectivity index (χ2n) is 5.14. The number of hydrogen-bond donors (Lipinski definition) is 0. The Bertz CT molecular complexity index is 904. The van der Waals surface area contributed by atoms with Crippen LogP contribution in [0.3, 0.4) is 0 Å². The average molecular weight is 327 g/mol. The first kappa shape index (κ1) is 15.9. The zero-order chi connectivity index (χ0) is 17.1. The van der Waals surface area contributed by atoms with Crippen molar-refractivity contribution in [3.8, 4) is 17.2 Å². The van der Waals surface area contributed by atoms with E-state index in [1.807, 2.05) is 30.3 Å². The van der Waals surface area contributed by atoms with E-state index in [2.05, 4.69) is 4.98 Å². The molecule has 1 atom stereocenters. The van der Waals surface area contributed by atoms with Crippen molar-refractivity contribution in [2.24, 2.45) is 0 Å². The number of hydrogen-bond acceptors (Lipinski definition) is 6. The fourth-order valence-electron chi connectivity index (χ4n) is 2.34. The summed E-state index contributed by atoms with van der Waals surface area (Å²) < 4.78 is 21.5. The Labute approximate surface area is 138 Å². The molecule has 6 heteroatoms. The molecule has 6 nitrogen and oxygen atoms in total. The van der Waals surface area contributed by atoms with Crippen molar-refractivity contribution in [2.45, 2.75) is 13.0 Å². The van der Waals surface area contributed by atoms with Crippen LogP contribution in [0.15, 0.2) is 51.7 Å². The van der Waals surface area contributed by atoms with Crippen molar-refractivity contribution in [1.29, 1.82) is 0 Å². The van der Waals surface area contributed by atoms with E-state index in [1.165, 1.54) is 14.2 Å². The molecule has 0 aliphatic carbocycles. The molecule has 124 valence electrons. The Morgan fingerprint density at radius 1 is 1.04 bits per heavy atom. The van der Waals surface area contributed by atoms with Gasteiger partial charge in [0.1, 0.15) is 5.75 Å². The summed E-state index contributed by atoms with van der Waals surface area (Å²) in [5.41, 5.74) is -0.0399. The topological polar surface area (TPSA) is 70.8 Å². The Kier molecular flexibility index (Phi) is 4.37. The van der Waals surface area contributed by atoms with Crippen LogP contribution in [0.4, 0.5) is 0 Å². The van der Waals surface area contributed by atoms with Gasteiger partial charge in [0.15, 0.2) is 17.6 Å². The molecular weight excluding hydrogens is 310 g/mol. The summed E-state index contributed by atoms with van der Waals surface area (Å²) in [4.78, 5) is 16.7. The molecule has 0 unspecified atom stereocenters. The third-order valence-electron chi connectivity index (χ3n) is 3.55. The lowest BCUT2D eigenvalue weighted by Crippen LogP contribution is -2.11. The van der Waals surface area contributed by atoms with Gasteiger partial charge in [0.25, 0.3) is 0 Å². The number of benzene rings is 2. The van der Waals surface area contributed by atoms with E-state index in [0.717, 1.165) is 0 Å². The van der Waals surface area contributed by atoms with Gasteiger partial charge in [-0.3, -0.25) is 0 Å². The SMILES string of the molecule is COc1cc2nc([C@@H](C)Oc3ccccc3)oc(=O)c2cc1OC. The van der Waals surface area contributed by atoms with Gasteiger partial charge < -0.3 is 18.6 Å². The molecule has 0 aliphatic rings. The molecule has 0 aliphatic heterocycles. The highest BCUT2D eigenvalue weighted by molar-refractivity contribution is 5.81. The normalized spacial score (nSPS) is 12.0. The van der Waals surface area contributed by atoms with Crippen LogP contribution >= 0.6 is 0 Å². The molecule has 0 radical (unpaired) electrons. The predicted molar refractivity (Wildman–Crippen MR) is 88.9 cm³/mol. The fraction of sp³-hybridized carbons (Fsp3) is 0.222. The van der Waals surface area contributed by atoms with E-state index in [1.54, 1.807) is 19.1 Å². The second kappa shape index (κ2) is 6.62. The molecule has 0 bridgehead atoms. The number of rotatable bonds is 5. The minimum atomic E-state index is -0.516. The van der Waals surface area contributed by atoms with Crippen LogP contribution in [0.25, 0.3) is 10.9 Å². The van der Waals surface area contributed by atoms with Crippen LogP contribution in [0.5, 0.6) is 17.2 Å². The summed E-state index contributed by atoms with van der Waals surface area (Å²) in [7, 11) is 3.03. The van der Waals surface area contributed by atoms with Gasteiger partial charge in [-0.2, -0.15) is 0 Å². The molecule has 1 aromatic heterocycles. The van der Waals surface area contributed by atoms with Crippen LogP contribution in [0.1, 0.15) is 18.9 Å². The van der Waals surface area contributed by atoms with E-state index < -0.39 is 11.7 Å². The van der Waals surface area contributed by atoms with Gasteiger partial charge in [0.2, 0.25) is 5.89 Å². The van der Waals surface area contributed by atoms with E-state index in [-0.39, 0.29) is 5.89 Å². The molecule has 0 spiro atoms. The lowest BCUT2D eigenvalue weighted by atomic mass is 10.2. The molecule has 24 heavy (non-hydrogen) atoms. The Balaban J connectivity index is 2.02. The molecular formula is C18H17NO5. The zero-order valence-electron chi connectivity index (χ0n) is 13.6. The van der Waals surface area contributed by atoms with Gasteiger partial charge in [0.05, 0.1) is 25.1 Å². The number of nitrogens with zero attached hydrogens (tertiary/aromatic N) is 1. The first-order chi connectivity index (χ1) is 11.6. The summed E-state index contributed by atoms with van der Waals surface area (Å²) in [6, 6.07) is 12.5. The van der Waals surface area contributed by atoms with Gasteiger partial charge in [-0.1, -0.05) is 18.2 Å². The Morgan fingerprint density at radius 3 is 2.38 bits per heavy atom. The highest BCUT2D eigenvalue weighted by Gasteiger charge is 2.17.